The number of morpholine rings is 1. The van der Waals surface area contributed by atoms with Crippen LogP contribution in [0.1, 0.15) is 53.5 Å². The number of carbonyl (C=O) groups is 1. The Morgan fingerprint density at radius 2 is 2.00 bits per heavy atom. The first-order chi connectivity index (χ1) is 16.2. The van der Waals surface area contributed by atoms with Crippen molar-refractivity contribution >= 4 is 5.91 Å². The van der Waals surface area contributed by atoms with E-state index in [1.54, 1.807) is 4.90 Å². The summed E-state index contributed by atoms with van der Waals surface area (Å²) in [6.45, 7) is 9.57. The van der Waals surface area contributed by atoms with Crippen LogP contribution in [0.3, 0.4) is 0 Å². The molecule has 180 valence electrons. The molecule has 0 bridgehead atoms. The molecule has 0 radical (unpaired) electrons. The molecule has 1 aromatic carbocycles. The monoisotopic (exact) mass is 453 g/mol. The molecule has 1 unspecified atom stereocenters. The van der Waals surface area contributed by atoms with Crippen LogP contribution in [0, 0.1) is 0 Å². The summed E-state index contributed by atoms with van der Waals surface area (Å²) in [4.78, 5) is 17.7. The van der Waals surface area contributed by atoms with E-state index >= 15 is 0 Å². The maximum atomic E-state index is 13.4. The zero-order chi connectivity index (χ0) is 23.0. The Morgan fingerprint density at radius 3 is 2.76 bits per heavy atom. The highest BCUT2D eigenvalue weighted by molar-refractivity contribution is 5.94. The Balaban J connectivity index is 1.38. The van der Waals surface area contributed by atoms with E-state index in [1.807, 2.05) is 25.2 Å². The molecule has 2 aromatic rings. The number of aromatic nitrogens is 2. The average molecular weight is 454 g/mol. The molecular weight excluding hydrogens is 414 g/mol. The van der Waals surface area contributed by atoms with Crippen LogP contribution < -0.4 is 5.32 Å². The van der Waals surface area contributed by atoms with Crippen LogP contribution in [0.4, 0.5) is 0 Å². The van der Waals surface area contributed by atoms with Gasteiger partial charge in [-0.2, -0.15) is 5.10 Å². The van der Waals surface area contributed by atoms with Gasteiger partial charge in [-0.15, -0.1) is 0 Å². The summed E-state index contributed by atoms with van der Waals surface area (Å²) >= 11 is 0. The van der Waals surface area contributed by atoms with Gasteiger partial charge in [0.25, 0.3) is 5.91 Å². The topological polar surface area (TPSA) is 62.6 Å². The van der Waals surface area contributed by atoms with Crippen molar-refractivity contribution in [1.29, 1.82) is 0 Å². The van der Waals surface area contributed by atoms with Crippen LogP contribution in [-0.4, -0.2) is 78.0 Å². The smallest absolute Gasteiger partial charge is 0.274 e. The average Bonchev–Trinajstić information content (AvgIpc) is 3.20. The number of fused-ring (bicyclic) bond motifs is 1. The minimum Gasteiger partial charge on any atom is -0.379 e. The van der Waals surface area contributed by atoms with Gasteiger partial charge in [0.1, 0.15) is 0 Å². The molecule has 0 saturated carbocycles. The first-order valence-electron chi connectivity index (χ1n) is 12.6. The fraction of sp³-hybridized carbons (Fsp3) is 0.615. The van der Waals surface area contributed by atoms with Crippen LogP contribution >= 0.6 is 0 Å². The predicted octanol–water partition coefficient (Wildman–Crippen LogP) is 2.73. The third-order valence-corrected chi connectivity index (χ3v) is 6.78. The normalized spacial score (nSPS) is 18.8. The van der Waals surface area contributed by atoms with Crippen LogP contribution in [0.2, 0.25) is 0 Å². The van der Waals surface area contributed by atoms with E-state index in [0.717, 1.165) is 89.2 Å². The zero-order valence-electron chi connectivity index (χ0n) is 20.3. The van der Waals surface area contributed by atoms with Gasteiger partial charge in [-0.25, -0.2) is 0 Å². The lowest BCUT2D eigenvalue weighted by Crippen LogP contribution is -2.40. The molecule has 4 rings (SSSR count). The van der Waals surface area contributed by atoms with Gasteiger partial charge >= 0.3 is 0 Å². The maximum absolute atomic E-state index is 13.4. The standard InChI is InChI=1S/C26H39N5O2/c1-3-13-31-24-11-10-22(27-12-7-14-30-15-17-33-18-16-30)19-23(24)25(28-31)26(32)29(2)20-21-8-5-4-6-9-21/h4-6,8-9,22,27H,3,7,10-20H2,1-2H3. The summed E-state index contributed by atoms with van der Waals surface area (Å²) in [5.74, 6) is 0.0259. The zero-order valence-corrected chi connectivity index (χ0v) is 20.3. The molecule has 1 atom stereocenters. The van der Waals surface area contributed by atoms with Crippen molar-refractivity contribution < 1.29 is 9.53 Å². The SMILES string of the molecule is CCCn1nc(C(=O)N(C)Cc2ccccc2)c2c1CCC(NCCCN1CCOCC1)C2. The number of amides is 1. The van der Waals surface area contributed by atoms with E-state index in [2.05, 4.69) is 34.0 Å². The summed E-state index contributed by atoms with van der Waals surface area (Å²) in [5.41, 5.74) is 4.21. The summed E-state index contributed by atoms with van der Waals surface area (Å²) in [6, 6.07) is 10.6. The number of hydrogen-bond donors (Lipinski definition) is 1. The van der Waals surface area contributed by atoms with Crippen molar-refractivity contribution in [2.75, 3.05) is 46.4 Å². The van der Waals surface area contributed by atoms with Crippen molar-refractivity contribution in [3.8, 4) is 0 Å². The summed E-state index contributed by atoms with van der Waals surface area (Å²) in [5, 5.41) is 8.57. The molecule has 1 saturated heterocycles. The first-order valence-corrected chi connectivity index (χ1v) is 12.6. The van der Waals surface area contributed by atoms with Gasteiger partial charge in [0.15, 0.2) is 5.69 Å². The minimum absolute atomic E-state index is 0.0259. The van der Waals surface area contributed by atoms with Gasteiger partial charge in [0, 0.05) is 50.5 Å². The Bertz CT molecular complexity index is 892. The molecule has 1 fully saturated rings. The number of benzene rings is 1. The summed E-state index contributed by atoms with van der Waals surface area (Å²) in [6.07, 6.45) is 5.14. The summed E-state index contributed by atoms with van der Waals surface area (Å²) in [7, 11) is 1.88. The molecule has 2 heterocycles. The molecule has 1 N–H and O–H groups in total. The number of aryl methyl sites for hydroxylation is 1. The second-order valence-electron chi connectivity index (χ2n) is 9.35. The number of nitrogens with one attached hydrogen (secondary N) is 1. The lowest BCUT2D eigenvalue weighted by molar-refractivity contribution is 0.0373. The van der Waals surface area contributed by atoms with Crippen LogP contribution in [-0.2, 0) is 30.7 Å². The number of carbonyl (C=O) groups excluding carboxylic acids is 1. The second kappa shape index (κ2) is 11.8. The highest BCUT2D eigenvalue weighted by atomic mass is 16.5. The van der Waals surface area contributed by atoms with Gasteiger partial charge in [0.05, 0.1) is 13.2 Å². The Hall–Kier alpha value is -2.22. The van der Waals surface area contributed by atoms with Crippen molar-refractivity contribution in [3.05, 3.63) is 52.8 Å². The van der Waals surface area contributed by atoms with Gasteiger partial charge < -0.3 is 15.0 Å². The number of rotatable bonds is 10. The minimum atomic E-state index is 0.0259. The van der Waals surface area contributed by atoms with Gasteiger partial charge in [-0.05, 0) is 50.8 Å². The van der Waals surface area contributed by atoms with E-state index in [9.17, 15) is 4.79 Å². The van der Waals surface area contributed by atoms with Crippen molar-refractivity contribution in [2.24, 2.45) is 0 Å². The molecule has 2 aliphatic rings. The number of nitrogens with zero attached hydrogens (tertiary/aromatic N) is 4. The quantitative estimate of drug-likeness (QED) is 0.561. The van der Waals surface area contributed by atoms with E-state index < -0.39 is 0 Å². The van der Waals surface area contributed by atoms with Crippen molar-refractivity contribution in [3.63, 3.8) is 0 Å². The molecule has 1 aliphatic carbocycles. The highest BCUT2D eigenvalue weighted by Gasteiger charge is 2.30. The third-order valence-electron chi connectivity index (χ3n) is 6.78. The van der Waals surface area contributed by atoms with Gasteiger partial charge in [0.2, 0.25) is 0 Å². The fourth-order valence-corrected chi connectivity index (χ4v) is 4.97. The number of hydrogen-bond acceptors (Lipinski definition) is 5. The molecule has 0 spiro atoms. The lowest BCUT2D eigenvalue weighted by atomic mass is 9.91. The molecule has 33 heavy (non-hydrogen) atoms. The van der Waals surface area contributed by atoms with Crippen LogP contribution in [0.15, 0.2) is 30.3 Å². The lowest BCUT2D eigenvalue weighted by Gasteiger charge is -2.28. The van der Waals surface area contributed by atoms with Crippen molar-refractivity contribution in [2.45, 2.75) is 58.2 Å². The Kier molecular flexibility index (Phi) is 8.53. The van der Waals surface area contributed by atoms with Crippen LogP contribution in [0.5, 0.6) is 0 Å². The van der Waals surface area contributed by atoms with Gasteiger partial charge in [-0.1, -0.05) is 37.3 Å². The molecule has 1 amide bonds. The molecule has 7 heteroatoms. The molecular formula is C26H39N5O2. The van der Waals surface area contributed by atoms with E-state index in [-0.39, 0.29) is 5.91 Å². The van der Waals surface area contributed by atoms with Gasteiger partial charge in [-0.3, -0.25) is 14.4 Å². The largest absolute Gasteiger partial charge is 0.379 e. The molecule has 7 nitrogen and oxygen atoms in total. The van der Waals surface area contributed by atoms with E-state index in [4.69, 9.17) is 9.84 Å². The van der Waals surface area contributed by atoms with E-state index in [1.165, 1.54) is 5.69 Å². The van der Waals surface area contributed by atoms with Crippen LogP contribution in [0.25, 0.3) is 0 Å². The highest BCUT2D eigenvalue weighted by Crippen LogP contribution is 2.26. The maximum Gasteiger partial charge on any atom is 0.274 e. The Morgan fingerprint density at radius 1 is 1.21 bits per heavy atom. The number of ether oxygens (including phenoxy) is 1. The third kappa shape index (κ3) is 6.22. The second-order valence-corrected chi connectivity index (χ2v) is 9.35. The van der Waals surface area contributed by atoms with Crippen molar-refractivity contribution in [1.82, 2.24) is 24.9 Å². The molecule has 1 aliphatic heterocycles. The molecule has 1 aromatic heterocycles. The van der Waals surface area contributed by atoms with E-state index in [0.29, 0.717) is 18.3 Å². The predicted molar refractivity (Wildman–Crippen MR) is 130 cm³/mol. The first kappa shape index (κ1) is 23.9. The fourth-order valence-electron chi connectivity index (χ4n) is 4.97. The summed E-state index contributed by atoms with van der Waals surface area (Å²) < 4.78 is 7.53. The Labute approximate surface area is 198 Å².